The van der Waals surface area contributed by atoms with E-state index < -0.39 is 5.60 Å². The van der Waals surface area contributed by atoms with E-state index >= 15 is 0 Å². The van der Waals surface area contributed by atoms with Crippen LogP contribution < -0.4 is 4.74 Å². The maximum Gasteiger partial charge on any atom is 0.123 e. The molecule has 3 rings (SSSR count). The van der Waals surface area contributed by atoms with Gasteiger partial charge in [-0.1, -0.05) is 24.3 Å². The van der Waals surface area contributed by atoms with E-state index in [2.05, 4.69) is 17.0 Å². The molecule has 0 radical (unpaired) electrons. The maximum atomic E-state index is 13.6. The van der Waals surface area contributed by atoms with Gasteiger partial charge in [-0.25, -0.2) is 4.39 Å². The van der Waals surface area contributed by atoms with E-state index in [-0.39, 0.29) is 11.9 Å². The zero-order chi connectivity index (χ0) is 19.4. The number of likely N-dealkylation sites (N-methyl/N-ethyl adjacent to an activating group) is 1. The Balaban J connectivity index is 1.72. The minimum atomic E-state index is -0.831. The molecule has 3 unspecified atom stereocenters. The van der Waals surface area contributed by atoms with Crippen molar-refractivity contribution in [2.45, 2.75) is 43.7 Å². The number of aliphatic hydroxyl groups is 1. The summed E-state index contributed by atoms with van der Waals surface area (Å²) in [5, 5.41) is 11.4. The van der Waals surface area contributed by atoms with Crippen molar-refractivity contribution in [2.24, 2.45) is 5.92 Å². The molecule has 1 aliphatic rings. The lowest BCUT2D eigenvalue weighted by molar-refractivity contribution is -0.0725. The Labute approximate surface area is 161 Å². The van der Waals surface area contributed by atoms with Crippen LogP contribution in [0.5, 0.6) is 5.75 Å². The Hall–Kier alpha value is -1.91. The molecular formula is C23H30FNO2. The summed E-state index contributed by atoms with van der Waals surface area (Å²) < 4.78 is 18.9. The summed E-state index contributed by atoms with van der Waals surface area (Å²) in [7, 11) is 5.73. The molecule has 2 aromatic carbocycles. The lowest BCUT2D eigenvalue weighted by Crippen LogP contribution is -2.55. The lowest BCUT2D eigenvalue weighted by atomic mass is 9.70. The molecule has 1 N–H and O–H groups in total. The number of halogens is 1. The SMILES string of the molecule is COc1cccc(CC2CCC(O)(Cc3cccc(F)c3)C(N(C)C)C2)c1. The van der Waals surface area contributed by atoms with Crippen LogP contribution in [0, 0.1) is 11.7 Å². The molecule has 1 aliphatic carbocycles. The highest BCUT2D eigenvalue weighted by atomic mass is 19.1. The minimum Gasteiger partial charge on any atom is -0.497 e. The van der Waals surface area contributed by atoms with Gasteiger partial charge in [0.15, 0.2) is 0 Å². The van der Waals surface area contributed by atoms with Gasteiger partial charge in [0.05, 0.1) is 12.7 Å². The van der Waals surface area contributed by atoms with E-state index in [4.69, 9.17) is 4.74 Å². The molecule has 0 spiro atoms. The van der Waals surface area contributed by atoms with Gasteiger partial charge in [-0.2, -0.15) is 0 Å². The second-order valence-electron chi connectivity index (χ2n) is 8.09. The van der Waals surface area contributed by atoms with Crippen LogP contribution in [0.4, 0.5) is 4.39 Å². The molecule has 0 heterocycles. The molecule has 27 heavy (non-hydrogen) atoms. The predicted octanol–water partition coefficient (Wildman–Crippen LogP) is 4.08. The molecule has 2 aromatic rings. The Kier molecular flexibility index (Phi) is 6.18. The van der Waals surface area contributed by atoms with Crippen molar-refractivity contribution in [3.63, 3.8) is 0 Å². The first kappa shape index (κ1) is 19.8. The van der Waals surface area contributed by atoms with Crippen LogP contribution in [0.15, 0.2) is 48.5 Å². The van der Waals surface area contributed by atoms with Crippen LogP contribution >= 0.6 is 0 Å². The van der Waals surface area contributed by atoms with E-state index in [0.717, 1.165) is 37.0 Å². The van der Waals surface area contributed by atoms with Gasteiger partial charge in [0, 0.05) is 12.5 Å². The minimum absolute atomic E-state index is 0.0464. The lowest BCUT2D eigenvalue weighted by Gasteiger charge is -2.46. The van der Waals surface area contributed by atoms with Gasteiger partial charge in [0.25, 0.3) is 0 Å². The first-order valence-electron chi connectivity index (χ1n) is 9.66. The maximum absolute atomic E-state index is 13.6. The van der Waals surface area contributed by atoms with Gasteiger partial charge < -0.3 is 14.7 Å². The van der Waals surface area contributed by atoms with Crippen molar-refractivity contribution >= 4 is 0 Å². The van der Waals surface area contributed by atoms with E-state index in [9.17, 15) is 9.50 Å². The molecular weight excluding hydrogens is 341 g/mol. The van der Waals surface area contributed by atoms with Crippen LogP contribution in [0.3, 0.4) is 0 Å². The van der Waals surface area contributed by atoms with Crippen LogP contribution in [0.1, 0.15) is 30.4 Å². The summed E-state index contributed by atoms with van der Waals surface area (Å²) in [5.41, 5.74) is 1.30. The molecule has 0 aromatic heterocycles. The first-order valence-corrected chi connectivity index (χ1v) is 9.66. The Bertz CT molecular complexity index is 764. The molecule has 1 saturated carbocycles. The number of methoxy groups -OCH3 is 1. The Morgan fingerprint density at radius 2 is 1.89 bits per heavy atom. The highest BCUT2D eigenvalue weighted by Crippen LogP contribution is 2.38. The van der Waals surface area contributed by atoms with Crippen molar-refractivity contribution in [2.75, 3.05) is 21.2 Å². The van der Waals surface area contributed by atoms with Gasteiger partial charge in [0.2, 0.25) is 0 Å². The van der Waals surface area contributed by atoms with Gasteiger partial charge in [-0.3, -0.25) is 0 Å². The molecule has 3 nitrogen and oxygen atoms in total. The highest BCUT2D eigenvalue weighted by molar-refractivity contribution is 5.29. The summed E-state index contributed by atoms with van der Waals surface area (Å²) in [6, 6.07) is 14.9. The zero-order valence-electron chi connectivity index (χ0n) is 16.5. The van der Waals surface area contributed by atoms with Gasteiger partial charge in [0.1, 0.15) is 11.6 Å². The van der Waals surface area contributed by atoms with Crippen molar-refractivity contribution < 1.29 is 14.2 Å². The second-order valence-corrected chi connectivity index (χ2v) is 8.09. The van der Waals surface area contributed by atoms with E-state index in [1.165, 1.54) is 17.7 Å². The fourth-order valence-corrected chi connectivity index (χ4v) is 4.49. The average Bonchev–Trinajstić information content (AvgIpc) is 2.63. The molecule has 3 atom stereocenters. The summed E-state index contributed by atoms with van der Waals surface area (Å²) in [6.45, 7) is 0. The third-order valence-electron chi connectivity index (χ3n) is 5.84. The smallest absolute Gasteiger partial charge is 0.123 e. The normalized spacial score (nSPS) is 25.6. The van der Waals surface area contributed by atoms with Crippen LogP contribution in [-0.2, 0) is 12.8 Å². The Morgan fingerprint density at radius 1 is 1.15 bits per heavy atom. The highest BCUT2D eigenvalue weighted by Gasteiger charge is 2.43. The molecule has 4 heteroatoms. The first-order chi connectivity index (χ1) is 12.9. The number of nitrogens with zero attached hydrogens (tertiary/aromatic N) is 1. The quantitative estimate of drug-likeness (QED) is 0.830. The third-order valence-corrected chi connectivity index (χ3v) is 5.84. The average molecular weight is 371 g/mol. The van der Waals surface area contributed by atoms with Crippen LogP contribution in [-0.4, -0.2) is 42.9 Å². The Morgan fingerprint density at radius 3 is 2.59 bits per heavy atom. The molecule has 1 fully saturated rings. The van der Waals surface area contributed by atoms with Crippen LogP contribution in [0.25, 0.3) is 0 Å². The van der Waals surface area contributed by atoms with Gasteiger partial charge in [-0.05, 0) is 81.1 Å². The van der Waals surface area contributed by atoms with Crippen molar-refractivity contribution in [1.82, 2.24) is 4.90 Å². The zero-order valence-corrected chi connectivity index (χ0v) is 16.5. The number of ether oxygens (including phenoxy) is 1. The number of hydrogen-bond acceptors (Lipinski definition) is 3. The second kappa shape index (κ2) is 8.41. The van der Waals surface area contributed by atoms with E-state index in [1.807, 2.05) is 32.3 Å². The monoisotopic (exact) mass is 371 g/mol. The van der Waals surface area contributed by atoms with Crippen molar-refractivity contribution in [3.05, 3.63) is 65.5 Å². The molecule has 0 bridgehead atoms. The van der Waals surface area contributed by atoms with Crippen molar-refractivity contribution in [1.29, 1.82) is 0 Å². The molecule has 0 amide bonds. The van der Waals surface area contributed by atoms with Crippen molar-refractivity contribution in [3.8, 4) is 5.75 Å². The number of rotatable bonds is 6. The summed E-state index contributed by atoms with van der Waals surface area (Å²) in [5.74, 6) is 1.15. The predicted molar refractivity (Wildman–Crippen MR) is 107 cm³/mol. The molecule has 0 saturated heterocycles. The summed E-state index contributed by atoms with van der Waals surface area (Å²) in [4.78, 5) is 2.12. The van der Waals surface area contributed by atoms with Crippen LogP contribution in [0.2, 0.25) is 0 Å². The van der Waals surface area contributed by atoms with E-state index in [1.54, 1.807) is 13.2 Å². The fraction of sp³-hybridized carbons (Fsp3) is 0.478. The fourth-order valence-electron chi connectivity index (χ4n) is 4.49. The van der Waals surface area contributed by atoms with Gasteiger partial charge >= 0.3 is 0 Å². The molecule has 146 valence electrons. The number of benzene rings is 2. The third kappa shape index (κ3) is 4.88. The topological polar surface area (TPSA) is 32.7 Å². The molecule has 0 aliphatic heterocycles. The standard InChI is InChI=1S/C23H30FNO2/c1-25(2)22-15-18(12-17-6-5-9-21(14-17)27-3)10-11-23(22,26)16-19-7-4-8-20(24)13-19/h4-9,13-14,18,22,26H,10-12,15-16H2,1-3H3. The largest absolute Gasteiger partial charge is 0.497 e. The summed E-state index contributed by atoms with van der Waals surface area (Å²) >= 11 is 0. The summed E-state index contributed by atoms with van der Waals surface area (Å²) in [6.07, 6.45) is 4.08. The number of hydrogen-bond donors (Lipinski definition) is 1. The van der Waals surface area contributed by atoms with E-state index in [0.29, 0.717) is 12.3 Å². The van der Waals surface area contributed by atoms with Gasteiger partial charge in [-0.15, -0.1) is 0 Å².